The Balaban J connectivity index is 2.97. The number of carbonyl (C=O) groups is 1. The fraction of sp³-hybridized carbons (Fsp3) is 0.200. The minimum Gasteiger partial charge on any atom is -0.375 e. The molecule has 0 bridgehead atoms. The fourth-order valence-electron chi connectivity index (χ4n) is 1.17. The van der Waals surface area contributed by atoms with Crippen LogP contribution >= 0.6 is 12.2 Å². The quantitative estimate of drug-likeness (QED) is 0.413. The van der Waals surface area contributed by atoms with Crippen molar-refractivity contribution < 1.29 is 4.79 Å². The van der Waals surface area contributed by atoms with Gasteiger partial charge in [-0.3, -0.25) is 15.2 Å². The van der Waals surface area contributed by atoms with Crippen molar-refractivity contribution in [1.29, 1.82) is 0 Å². The van der Waals surface area contributed by atoms with Crippen molar-refractivity contribution in [3.05, 3.63) is 23.5 Å². The first-order valence-corrected chi connectivity index (χ1v) is 5.23. The second-order valence-electron chi connectivity index (χ2n) is 3.30. The summed E-state index contributed by atoms with van der Waals surface area (Å²) in [6.07, 6.45) is 3.07. The second kappa shape index (κ2) is 5.90. The molecule has 17 heavy (non-hydrogen) atoms. The fourth-order valence-corrected chi connectivity index (χ4v) is 1.23. The van der Waals surface area contributed by atoms with E-state index in [2.05, 4.69) is 33.0 Å². The molecule has 4 N–H and O–H groups in total. The molecule has 6 nitrogen and oxygen atoms in total. The van der Waals surface area contributed by atoms with E-state index >= 15 is 0 Å². The van der Waals surface area contributed by atoms with Crippen molar-refractivity contribution in [2.45, 2.75) is 13.8 Å². The van der Waals surface area contributed by atoms with Crippen molar-refractivity contribution in [3.63, 3.8) is 0 Å². The van der Waals surface area contributed by atoms with E-state index in [-0.39, 0.29) is 11.0 Å². The van der Waals surface area contributed by atoms with Crippen LogP contribution in [0.4, 0.5) is 5.69 Å². The van der Waals surface area contributed by atoms with Crippen LogP contribution in [0.1, 0.15) is 18.2 Å². The average Bonchev–Trinajstić information content (AvgIpc) is 2.22. The third-order valence-corrected chi connectivity index (χ3v) is 1.94. The van der Waals surface area contributed by atoms with Crippen molar-refractivity contribution in [2.24, 2.45) is 10.8 Å². The molecule has 0 saturated carbocycles. The SMILES string of the molecule is CC(=O)Nc1c(C)ccnc1/C=N/NC(N)=S. The molecular formula is C10H13N5OS. The Kier molecular flexibility index (Phi) is 4.53. The summed E-state index contributed by atoms with van der Waals surface area (Å²) in [5.74, 6) is -0.168. The Morgan fingerprint density at radius 1 is 1.65 bits per heavy atom. The minimum atomic E-state index is -0.168. The predicted octanol–water partition coefficient (Wildman–Crippen LogP) is 0.516. The summed E-state index contributed by atoms with van der Waals surface area (Å²) in [5, 5.41) is 6.56. The van der Waals surface area contributed by atoms with E-state index in [1.54, 1.807) is 12.3 Å². The maximum Gasteiger partial charge on any atom is 0.221 e. The van der Waals surface area contributed by atoms with Gasteiger partial charge in [-0.15, -0.1) is 0 Å². The number of pyridine rings is 1. The highest BCUT2D eigenvalue weighted by Gasteiger charge is 2.06. The highest BCUT2D eigenvalue weighted by Crippen LogP contribution is 2.16. The van der Waals surface area contributed by atoms with Crippen LogP contribution in [0.2, 0.25) is 0 Å². The summed E-state index contributed by atoms with van der Waals surface area (Å²) in [7, 11) is 0. The summed E-state index contributed by atoms with van der Waals surface area (Å²) in [5.41, 5.74) is 9.69. The van der Waals surface area contributed by atoms with E-state index in [0.29, 0.717) is 11.4 Å². The molecule has 1 aromatic rings. The van der Waals surface area contributed by atoms with E-state index < -0.39 is 0 Å². The molecule has 90 valence electrons. The Hall–Kier alpha value is -2.02. The number of thiocarbonyl (C=S) groups is 1. The number of hydrogen-bond donors (Lipinski definition) is 3. The minimum absolute atomic E-state index is 0.0648. The average molecular weight is 251 g/mol. The van der Waals surface area contributed by atoms with Crippen LogP contribution in [0.3, 0.4) is 0 Å². The van der Waals surface area contributed by atoms with Gasteiger partial charge in [0.25, 0.3) is 0 Å². The van der Waals surface area contributed by atoms with Gasteiger partial charge in [-0.05, 0) is 30.8 Å². The molecule has 1 heterocycles. The zero-order chi connectivity index (χ0) is 12.8. The van der Waals surface area contributed by atoms with Crippen LogP contribution < -0.4 is 16.5 Å². The number of nitrogens with zero attached hydrogens (tertiary/aromatic N) is 2. The number of nitrogens with two attached hydrogens (primary N) is 1. The van der Waals surface area contributed by atoms with Gasteiger partial charge in [0.2, 0.25) is 5.91 Å². The molecule has 0 fully saturated rings. The largest absolute Gasteiger partial charge is 0.375 e. The zero-order valence-corrected chi connectivity index (χ0v) is 10.3. The van der Waals surface area contributed by atoms with Crippen molar-refractivity contribution in [2.75, 3.05) is 5.32 Å². The first-order chi connectivity index (χ1) is 8.00. The molecule has 0 saturated heterocycles. The summed E-state index contributed by atoms with van der Waals surface area (Å²) in [6, 6.07) is 1.80. The van der Waals surface area contributed by atoms with Gasteiger partial charge in [0.15, 0.2) is 5.11 Å². The van der Waals surface area contributed by atoms with Crippen molar-refractivity contribution in [1.82, 2.24) is 10.4 Å². The Labute approximate surface area is 104 Å². The number of hydrazone groups is 1. The number of carbonyl (C=O) groups excluding carboxylic acids is 1. The number of rotatable bonds is 3. The van der Waals surface area contributed by atoms with Gasteiger partial charge < -0.3 is 11.1 Å². The lowest BCUT2D eigenvalue weighted by Gasteiger charge is -2.08. The summed E-state index contributed by atoms with van der Waals surface area (Å²) in [6.45, 7) is 3.30. The van der Waals surface area contributed by atoms with Crippen LogP contribution in [-0.2, 0) is 4.79 Å². The topological polar surface area (TPSA) is 92.4 Å². The summed E-state index contributed by atoms with van der Waals surface area (Å²) < 4.78 is 0. The first kappa shape index (κ1) is 13.0. The normalized spacial score (nSPS) is 10.2. The van der Waals surface area contributed by atoms with Gasteiger partial charge >= 0.3 is 0 Å². The third kappa shape index (κ3) is 4.15. The van der Waals surface area contributed by atoms with Crippen LogP contribution in [-0.4, -0.2) is 22.2 Å². The number of aryl methyl sites for hydroxylation is 1. The Morgan fingerprint density at radius 3 is 2.94 bits per heavy atom. The van der Waals surface area contributed by atoms with Crippen LogP contribution in [0.25, 0.3) is 0 Å². The zero-order valence-electron chi connectivity index (χ0n) is 9.52. The van der Waals surface area contributed by atoms with Gasteiger partial charge in [-0.2, -0.15) is 5.10 Å². The highest BCUT2D eigenvalue weighted by atomic mass is 32.1. The van der Waals surface area contributed by atoms with Crippen molar-refractivity contribution in [3.8, 4) is 0 Å². The Bertz CT molecular complexity index is 472. The number of hydrogen-bond acceptors (Lipinski definition) is 4. The standard InChI is InChI=1S/C10H13N5OS/c1-6-3-4-12-8(5-13-15-10(11)17)9(6)14-7(2)16/h3-5H,1-2H3,(H,14,16)(H3,11,15,17)/b13-5+. The van der Waals surface area contributed by atoms with E-state index in [9.17, 15) is 4.79 Å². The monoisotopic (exact) mass is 251 g/mol. The molecule has 0 aliphatic carbocycles. The number of amides is 1. The number of aromatic nitrogens is 1. The molecule has 1 rings (SSSR count). The lowest BCUT2D eigenvalue weighted by molar-refractivity contribution is -0.114. The molecule has 0 atom stereocenters. The molecule has 0 aliphatic heterocycles. The van der Waals surface area contributed by atoms with E-state index in [1.807, 2.05) is 6.92 Å². The molecule has 0 spiro atoms. The van der Waals surface area contributed by atoms with Gasteiger partial charge in [0.1, 0.15) is 5.69 Å². The third-order valence-electron chi connectivity index (χ3n) is 1.85. The summed E-state index contributed by atoms with van der Waals surface area (Å²) in [4.78, 5) is 15.2. The van der Waals surface area contributed by atoms with Gasteiger partial charge in [-0.1, -0.05) is 0 Å². The lowest BCUT2D eigenvalue weighted by Crippen LogP contribution is -2.24. The van der Waals surface area contributed by atoms with Crippen LogP contribution in [0, 0.1) is 6.92 Å². The molecule has 0 aromatic carbocycles. The maximum atomic E-state index is 11.1. The van der Waals surface area contributed by atoms with E-state index in [0.717, 1.165) is 5.56 Å². The molecule has 0 radical (unpaired) electrons. The lowest BCUT2D eigenvalue weighted by atomic mass is 10.2. The van der Waals surface area contributed by atoms with E-state index in [4.69, 9.17) is 5.73 Å². The molecule has 0 aliphatic rings. The molecule has 0 unspecified atom stereocenters. The maximum absolute atomic E-state index is 11.1. The first-order valence-electron chi connectivity index (χ1n) is 4.82. The van der Waals surface area contributed by atoms with Gasteiger partial charge in [0, 0.05) is 13.1 Å². The van der Waals surface area contributed by atoms with E-state index in [1.165, 1.54) is 13.1 Å². The second-order valence-corrected chi connectivity index (χ2v) is 3.74. The molecule has 7 heteroatoms. The Morgan fingerprint density at radius 2 is 2.35 bits per heavy atom. The molecule has 1 amide bonds. The number of nitrogens with one attached hydrogen (secondary N) is 2. The molecule has 1 aromatic heterocycles. The van der Waals surface area contributed by atoms with Gasteiger partial charge in [0.05, 0.1) is 11.9 Å². The van der Waals surface area contributed by atoms with Gasteiger partial charge in [-0.25, -0.2) is 0 Å². The summed E-state index contributed by atoms with van der Waals surface area (Å²) >= 11 is 4.60. The highest BCUT2D eigenvalue weighted by molar-refractivity contribution is 7.80. The van der Waals surface area contributed by atoms with Crippen LogP contribution in [0.15, 0.2) is 17.4 Å². The number of anilines is 1. The predicted molar refractivity (Wildman–Crippen MR) is 70.8 cm³/mol. The smallest absolute Gasteiger partial charge is 0.221 e. The molecular weight excluding hydrogens is 238 g/mol. The van der Waals surface area contributed by atoms with Crippen LogP contribution in [0.5, 0.6) is 0 Å². The van der Waals surface area contributed by atoms with Crippen molar-refractivity contribution >= 4 is 35.1 Å².